The predicted octanol–water partition coefficient (Wildman–Crippen LogP) is 3.47. The summed E-state index contributed by atoms with van der Waals surface area (Å²) in [5.41, 5.74) is 11.7. The van der Waals surface area contributed by atoms with Gasteiger partial charge in [-0.15, -0.1) is 12.4 Å². The highest BCUT2D eigenvalue weighted by molar-refractivity contribution is 5.85. The van der Waals surface area contributed by atoms with Crippen molar-refractivity contribution >= 4 is 12.4 Å². The second kappa shape index (κ2) is 10.4. The van der Waals surface area contributed by atoms with Crippen LogP contribution in [0.1, 0.15) is 65.7 Å². The number of nitrogens with two attached hydrogens (primary N) is 2. The number of halogens is 1. The standard InChI is InChI=1S/C13H30N2.ClH/c1-4-5-6-7-9-12(10-8-11-14)13(2,3)15;/h12H,4-11,14-15H2,1-3H3;1H. The quantitative estimate of drug-likeness (QED) is 0.616. The lowest BCUT2D eigenvalue weighted by Crippen LogP contribution is -2.41. The molecule has 0 aliphatic carbocycles. The van der Waals surface area contributed by atoms with Crippen LogP contribution in [-0.4, -0.2) is 12.1 Å². The SMILES string of the molecule is CCCCCCC(CCCN)C(C)(C)N.Cl. The van der Waals surface area contributed by atoms with Gasteiger partial charge in [0.05, 0.1) is 0 Å². The molecule has 0 saturated carbocycles. The summed E-state index contributed by atoms with van der Waals surface area (Å²) in [6.07, 6.45) is 8.90. The molecule has 3 heteroatoms. The zero-order valence-electron chi connectivity index (χ0n) is 11.3. The van der Waals surface area contributed by atoms with Gasteiger partial charge in [0.1, 0.15) is 0 Å². The smallest absolute Gasteiger partial charge is 0.0125 e. The molecule has 0 rings (SSSR count). The van der Waals surface area contributed by atoms with Gasteiger partial charge in [-0.2, -0.15) is 0 Å². The van der Waals surface area contributed by atoms with Crippen LogP contribution in [0.2, 0.25) is 0 Å². The van der Waals surface area contributed by atoms with Crippen LogP contribution in [-0.2, 0) is 0 Å². The molecule has 0 aromatic rings. The van der Waals surface area contributed by atoms with Gasteiger partial charge in [0, 0.05) is 5.54 Å². The van der Waals surface area contributed by atoms with E-state index in [-0.39, 0.29) is 17.9 Å². The Morgan fingerprint density at radius 2 is 1.56 bits per heavy atom. The fraction of sp³-hybridized carbons (Fsp3) is 1.00. The third kappa shape index (κ3) is 9.44. The monoisotopic (exact) mass is 250 g/mol. The lowest BCUT2D eigenvalue weighted by atomic mass is 9.81. The van der Waals surface area contributed by atoms with Gasteiger partial charge in [0.25, 0.3) is 0 Å². The Hall–Kier alpha value is 0.210. The van der Waals surface area contributed by atoms with Gasteiger partial charge < -0.3 is 11.5 Å². The molecular weight excluding hydrogens is 220 g/mol. The molecule has 0 aromatic heterocycles. The zero-order chi connectivity index (χ0) is 11.7. The Balaban J connectivity index is 0. The molecular formula is C13H31ClN2. The average Bonchev–Trinajstić information content (AvgIpc) is 2.15. The molecule has 1 atom stereocenters. The molecule has 4 N–H and O–H groups in total. The Morgan fingerprint density at radius 3 is 2.00 bits per heavy atom. The molecule has 16 heavy (non-hydrogen) atoms. The van der Waals surface area contributed by atoms with Crippen molar-refractivity contribution in [3.63, 3.8) is 0 Å². The van der Waals surface area contributed by atoms with Crippen molar-refractivity contribution in [1.29, 1.82) is 0 Å². The summed E-state index contributed by atoms with van der Waals surface area (Å²) in [4.78, 5) is 0. The van der Waals surface area contributed by atoms with Crippen LogP contribution >= 0.6 is 12.4 Å². The average molecular weight is 251 g/mol. The van der Waals surface area contributed by atoms with Crippen LogP contribution in [0.15, 0.2) is 0 Å². The minimum absolute atomic E-state index is 0. The number of unbranched alkanes of at least 4 members (excludes halogenated alkanes) is 3. The van der Waals surface area contributed by atoms with Crippen LogP contribution in [0.5, 0.6) is 0 Å². The van der Waals surface area contributed by atoms with Crippen molar-refractivity contribution in [2.24, 2.45) is 17.4 Å². The highest BCUT2D eigenvalue weighted by atomic mass is 35.5. The molecule has 0 aliphatic heterocycles. The summed E-state index contributed by atoms with van der Waals surface area (Å²) >= 11 is 0. The first-order valence-electron chi connectivity index (χ1n) is 6.51. The van der Waals surface area contributed by atoms with Gasteiger partial charge in [-0.1, -0.05) is 32.6 Å². The highest BCUT2D eigenvalue weighted by Gasteiger charge is 2.23. The van der Waals surface area contributed by atoms with Crippen LogP contribution in [0, 0.1) is 5.92 Å². The second-order valence-electron chi connectivity index (χ2n) is 5.30. The highest BCUT2D eigenvalue weighted by Crippen LogP contribution is 2.25. The fourth-order valence-corrected chi connectivity index (χ4v) is 2.07. The van der Waals surface area contributed by atoms with Crippen molar-refractivity contribution in [2.75, 3.05) is 6.54 Å². The summed E-state index contributed by atoms with van der Waals surface area (Å²) in [5.74, 6) is 0.637. The topological polar surface area (TPSA) is 52.0 Å². The van der Waals surface area contributed by atoms with Crippen molar-refractivity contribution in [1.82, 2.24) is 0 Å². The van der Waals surface area contributed by atoms with E-state index in [9.17, 15) is 0 Å². The molecule has 0 saturated heterocycles. The molecule has 100 valence electrons. The molecule has 0 bridgehead atoms. The first-order valence-corrected chi connectivity index (χ1v) is 6.51. The van der Waals surface area contributed by atoms with Gasteiger partial charge in [0.2, 0.25) is 0 Å². The molecule has 0 heterocycles. The van der Waals surface area contributed by atoms with Gasteiger partial charge in [-0.05, 0) is 45.6 Å². The van der Waals surface area contributed by atoms with Gasteiger partial charge in [-0.25, -0.2) is 0 Å². The van der Waals surface area contributed by atoms with Crippen molar-refractivity contribution in [3.05, 3.63) is 0 Å². The van der Waals surface area contributed by atoms with Gasteiger partial charge >= 0.3 is 0 Å². The van der Waals surface area contributed by atoms with Crippen molar-refractivity contribution < 1.29 is 0 Å². The third-order valence-electron chi connectivity index (χ3n) is 3.22. The molecule has 0 fully saturated rings. The largest absolute Gasteiger partial charge is 0.330 e. The Bertz CT molecular complexity index is 143. The second-order valence-corrected chi connectivity index (χ2v) is 5.30. The lowest BCUT2D eigenvalue weighted by Gasteiger charge is -2.30. The summed E-state index contributed by atoms with van der Waals surface area (Å²) in [6.45, 7) is 7.34. The Kier molecular flexibility index (Phi) is 12.0. The molecule has 0 spiro atoms. The maximum atomic E-state index is 6.19. The Morgan fingerprint density at radius 1 is 1.00 bits per heavy atom. The predicted molar refractivity (Wildman–Crippen MR) is 76.1 cm³/mol. The van der Waals surface area contributed by atoms with E-state index in [1.165, 1.54) is 38.5 Å². The molecule has 0 aliphatic rings. The number of hydrogen-bond acceptors (Lipinski definition) is 2. The van der Waals surface area contributed by atoms with E-state index in [1.54, 1.807) is 0 Å². The van der Waals surface area contributed by atoms with Crippen molar-refractivity contribution in [2.45, 2.75) is 71.3 Å². The summed E-state index contributed by atoms with van der Waals surface area (Å²) < 4.78 is 0. The molecule has 0 radical (unpaired) electrons. The van der Waals surface area contributed by atoms with E-state index < -0.39 is 0 Å². The fourth-order valence-electron chi connectivity index (χ4n) is 2.07. The maximum Gasteiger partial charge on any atom is 0.0125 e. The minimum atomic E-state index is -0.0403. The maximum absolute atomic E-state index is 6.19. The van der Waals surface area contributed by atoms with Gasteiger partial charge in [0.15, 0.2) is 0 Å². The van der Waals surface area contributed by atoms with E-state index in [0.717, 1.165) is 13.0 Å². The minimum Gasteiger partial charge on any atom is -0.330 e. The number of rotatable bonds is 9. The number of hydrogen-bond donors (Lipinski definition) is 2. The molecule has 1 unspecified atom stereocenters. The summed E-state index contributed by atoms with van der Waals surface area (Å²) in [5, 5.41) is 0. The van der Waals surface area contributed by atoms with E-state index in [4.69, 9.17) is 11.5 Å². The zero-order valence-corrected chi connectivity index (χ0v) is 12.1. The van der Waals surface area contributed by atoms with E-state index in [0.29, 0.717) is 5.92 Å². The summed E-state index contributed by atoms with van der Waals surface area (Å²) in [7, 11) is 0. The third-order valence-corrected chi connectivity index (χ3v) is 3.22. The first-order chi connectivity index (χ1) is 7.02. The van der Waals surface area contributed by atoms with E-state index in [2.05, 4.69) is 20.8 Å². The van der Waals surface area contributed by atoms with Crippen molar-refractivity contribution in [3.8, 4) is 0 Å². The van der Waals surface area contributed by atoms with Crippen LogP contribution in [0.4, 0.5) is 0 Å². The van der Waals surface area contributed by atoms with Crippen LogP contribution < -0.4 is 11.5 Å². The van der Waals surface area contributed by atoms with Crippen LogP contribution in [0.3, 0.4) is 0 Å². The molecule has 2 nitrogen and oxygen atoms in total. The Labute approximate surface area is 108 Å². The lowest BCUT2D eigenvalue weighted by molar-refractivity contribution is 0.271. The first kappa shape index (κ1) is 18.6. The normalized spacial score (nSPS) is 13.3. The summed E-state index contributed by atoms with van der Waals surface area (Å²) in [6, 6.07) is 0. The van der Waals surface area contributed by atoms with Gasteiger partial charge in [-0.3, -0.25) is 0 Å². The van der Waals surface area contributed by atoms with Crippen LogP contribution in [0.25, 0.3) is 0 Å². The van der Waals surface area contributed by atoms with E-state index >= 15 is 0 Å². The molecule has 0 aromatic carbocycles. The molecule has 0 amide bonds. The van der Waals surface area contributed by atoms with E-state index in [1.807, 2.05) is 0 Å².